The van der Waals surface area contributed by atoms with Crippen molar-refractivity contribution in [1.29, 1.82) is 5.26 Å². The number of nitro groups is 1. The fourth-order valence-corrected chi connectivity index (χ4v) is 1.39. The lowest BCUT2D eigenvalue weighted by Gasteiger charge is -1.97. The Bertz CT molecular complexity index is 487. The van der Waals surface area contributed by atoms with Crippen molar-refractivity contribution in [2.45, 2.75) is 12.5 Å². The van der Waals surface area contributed by atoms with E-state index in [0.717, 1.165) is 5.56 Å². The summed E-state index contributed by atoms with van der Waals surface area (Å²) >= 11 is 0. The van der Waals surface area contributed by atoms with Crippen molar-refractivity contribution in [3.63, 3.8) is 0 Å². The van der Waals surface area contributed by atoms with Gasteiger partial charge in [-0.05, 0) is 17.7 Å². The van der Waals surface area contributed by atoms with Crippen molar-refractivity contribution in [2.75, 3.05) is 0 Å². The molecule has 0 radical (unpaired) electrons. The van der Waals surface area contributed by atoms with Crippen molar-refractivity contribution in [3.05, 3.63) is 39.9 Å². The average Bonchev–Trinajstić information content (AvgIpc) is 2.77. The molecule has 80 valence electrons. The molecule has 1 aromatic rings. The maximum absolute atomic E-state index is 10.4. The molecule has 1 aliphatic rings. The smallest absolute Gasteiger partial charge is 0.269 e. The first-order chi connectivity index (χ1) is 7.70. The molecule has 0 saturated heterocycles. The van der Waals surface area contributed by atoms with Gasteiger partial charge in [0.1, 0.15) is 6.07 Å². The van der Waals surface area contributed by atoms with E-state index in [1.165, 1.54) is 12.1 Å². The second kappa shape index (κ2) is 3.98. The van der Waals surface area contributed by atoms with Crippen LogP contribution >= 0.6 is 0 Å². The van der Waals surface area contributed by atoms with E-state index in [1.54, 1.807) is 12.1 Å². The quantitative estimate of drug-likeness (QED) is 0.556. The van der Waals surface area contributed by atoms with Crippen LogP contribution in [0.5, 0.6) is 0 Å². The number of nitriles is 1. The third-order valence-corrected chi connectivity index (χ3v) is 2.22. The Kier molecular flexibility index (Phi) is 2.52. The molecule has 0 unspecified atom stereocenters. The summed E-state index contributed by atoms with van der Waals surface area (Å²) in [4.78, 5) is 14.8. The summed E-state index contributed by atoms with van der Waals surface area (Å²) in [6.07, 6.45) is -0.140. The highest BCUT2D eigenvalue weighted by Crippen LogP contribution is 2.18. The summed E-state index contributed by atoms with van der Waals surface area (Å²) < 4.78 is 0. The molecule has 6 heteroatoms. The molecule has 1 aromatic carbocycles. The van der Waals surface area contributed by atoms with Crippen LogP contribution < -0.4 is 0 Å². The number of hydrogen-bond donors (Lipinski definition) is 0. The van der Waals surface area contributed by atoms with E-state index in [0.29, 0.717) is 12.1 Å². The SMILES string of the molecule is N#C[C@@H]1CC(c2ccc([N+](=O)[O-])cc2)=NO1. The monoisotopic (exact) mass is 217 g/mol. The molecule has 0 bridgehead atoms. The molecule has 16 heavy (non-hydrogen) atoms. The minimum absolute atomic E-state index is 0.0279. The molecule has 0 aromatic heterocycles. The van der Waals surface area contributed by atoms with E-state index in [9.17, 15) is 10.1 Å². The molecular weight excluding hydrogens is 210 g/mol. The lowest BCUT2D eigenvalue weighted by atomic mass is 10.1. The van der Waals surface area contributed by atoms with Crippen LogP contribution in [-0.4, -0.2) is 16.7 Å². The fourth-order valence-electron chi connectivity index (χ4n) is 1.39. The molecule has 1 atom stereocenters. The average molecular weight is 217 g/mol. The van der Waals surface area contributed by atoms with Crippen molar-refractivity contribution >= 4 is 11.4 Å². The van der Waals surface area contributed by atoms with Gasteiger partial charge in [-0.15, -0.1) is 0 Å². The normalized spacial score (nSPS) is 18.4. The molecule has 1 heterocycles. The van der Waals surface area contributed by atoms with E-state index in [2.05, 4.69) is 5.16 Å². The highest BCUT2D eigenvalue weighted by atomic mass is 16.6. The van der Waals surface area contributed by atoms with Crippen LogP contribution in [0, 0.1) is 21.4 Å². The van der Waals surface area contributed by atoms with E-state index < -0.39 is 11.0 Å². The molecule has 0 saturated carbocycles. The predicted octanol–water partition coefficient (Wildman–Crippen LogP) is 1.61. The Balaban J connectivity index is 2.18. The number of oxime groups is 1. The van der Waals surface area contributed by atoms with Crippen LogP contribution in [0.25, 0.3) is 0 Å². The second-order valence-corrected chi connectivity index (χ2v) is 3.27. The fraction of sp³-hybridized carbons (Fsp3) is 0.200. The predicted molar refractivity (Wildman–Crippen MR) is 54.7 cm³/mol. The molecule has 6 nitrogen and oxygen atoms in total. The number of benzene rings is 1. The lowest BCUT2D eigenvalue weighted by Crippen LogP contribution is -2.05. The summed E-state index contributed by atoms with van der Waals surface area (Å²) in [7, 11) is 0. The van der Waals surface area contributed by atoms with Crippen LogP contribution in [0.1, 0.15) is 12.0 Å². The van der Waals surface area contributed by atoms with Gasteiger partial charge >= 0.3 is 0 Å². The van der Waals surface area contributed by atoms with Gasteiger partial charge in [0.05, 0.1) is 10.6 Å². The van der Waals surface area contributed by atoms with Crippen LogP contribution in [0.15, 0.2) is 29.4 Å². The molecule has 0 amide bonds. The first kappa shape index (κ1) is 10.1. The third-order valence-electron chi connectivity index (χ3n) is 2.22. The Morgan fingerprint density at radius 2 is 2.19 bits per heavy atom. The minimum Gasteiger partial charge on any atom is -0.376 e. The van der Waals surface area contributed by atoms with Crippen LogP contribution in [0.3, 0.4) is 0 Å². The highest BCUT2D eigenvalue weighted by Gasteiger charge is 2.21. The Hall–Kier alpha value is -2.42. The number of nitrogens with zero attached hydrogens (tertiary/aromatic N) is 3. The van der Waals surface area contributed by atoms with Gasteiger partial charge in [-0.25, -0.2) is 0 Å². The zero-order chi connectivity index (χ0) is 11.5. The van der Waals surface area contributed by atoms with Gasteiger partial charge in [-0.2, -0.15) is 5.26 Å². The largest absolute Gasteiger partial charge is 0.376 e. The van der Waals surface area contributed by atoms with Gasteiger partial charge in [-0.1, -0.05) is 5.16 Å². The number of non-ortho nitro benzene ring substituents is 1. The Morgan fingerprint density at radius 1 is 1.50 bits per heavy atom. The first-order valence-corrected chi connectivity index (χ1v) is 4.58. The van der Waals surface area contributed by atoms with E-state index in [4.69, 9.17) is 10.1 Å². The maximum Gasteiger partial charge on any atom is 0.269 e. The van der Waals surface area contributed by atoms with Gasteiger partial charge in [-0.3, -0.25) is 10.1 Å². The lowest BCUT2D eigenvalue weighted by molar-refractivity contribution is -0.384. The zero-order valence-electron chi connectivity index (χ0n) is 8.16. The van der Waals surface area contributed by atoms with Crippen molar-refractivity contribution in [3.8, 4) is 6.07 Å². The maximum atomic E-state index is 10.4. The standard InChI is InChI=1S/C10H7N3O3/c11-6-9-5-10(12-16-9)7-1-3-8(4-2-7)13(14)15/h1-4,9H,5H2/t9-/m0/s1. The number of hydrogen-bond acceptors (Lipinski definition) is 5. The Morgan fingerprint density at radius 3 is 2.69 bits per heavy atom. The van der Waals surface area contributed by atoms with Crippen molar-refractivity contribution in [2.24, 2.45) is 5.16 Å². The molecular formula is C10H7N3O3. The number of rotatable bonds is 2. The van der Waals surface area contributed by atoms with Crippen molar-refractivity contribution in [1.82, 2.24) is 0 Å². The molecule has 0 aliphatic carbocycles. The van der Waals surface area contributed by atoms with Crippen LogP contribution in [0.2, 0.25) is 0 Å². The molecule has 0 spiro atoms. The summed E-state index contributed by atoms with van der Waals surface area (Å²) in [5, 5.41) is 22.8. The Labute approximate surface area is 90.9 Å². The summed E-state index contributed by atoms with van der Waals surface area (Å²) in [5.74, 6) is 0. The summed E-state index contributed by atoms with van der Waals surface area (Å²) in [5.41, 5.74) is 1.41. The molecule has 0 fully saturated rings. The first-order valence-electron chi connectivity index (χ1n) is 4.58. The van der Waals surface area contributed by atoms with Crippen molar-refractivity contribution < 1.29 is 9.76 Å². The highest BCUT2D eigenvalue weighted by molar-refractivity contribution is 6.01. The van der Waals surface area contributed by atoms with E-state index in [-0.39, 0.29) is 5.69 Å². The van der Waals surface area contributed by atoms with Gasteiger partial charge in [0, 0.05) is 18.6 Å². The third kappa shape index (κ3) is 1.83. The molecule has 2 rings (SSSR count). The van der Waals surface area contributed by atoms with Gasteiger partial charge in [0.25, 0.3) is 5.69 Å². The van der Waals surface area contributed by atoms with Gasteiger partial charge in [0.2, 0.25) is 6.10 Å². The van der Waals surface area contributed by atoms with Gasteiger partial charge in [0.15, 0.2) is 0 Å². The topological polar surface area (TPSA) is 88.5 Å². The zero-order valence-corrected chi connectivity index (χ0v) is 8.16. The summed E-state index contributed by atoms with van der Waals surface area (Å²) in [6.45, 7) is 0. The van der Waals surface area contributed by atoms with Gasteiger partial charge < -0.3 is 4.84 Å². The molecule has 1 aliphatic heterocycles. The summed E-state index contributed by atoms with van der Waals surface area (Å²) in [6, 6.07) is 7.94. The van der Waals surface area contributed by atoms with E-state index >= 15 is 0 Å². The number of nitro benzene ring substituents is 1. The van der Waals surface area contributed by atoms with E-state index in [1.807, 2.05) is 6.07 Å². The molecule has 0 N–H and O–H groups in total. The second-order valence-electron chi connectivity index (χ2n) is 3.27. The van der Waals surface area contributed by atoms with Crippen LogP contribution in [-0.2, 0) is 4.84 Å². The van der Waals surface area contributed by atoms with Crippen LogP contribution in [0.4, 0.5) is 5.69 Å². The minimum atomic E-state index is -0.551.